The molecule has 100 valence electrons. The van der Waals surface area contributed by atoms with E-state index in [4.69, 9.17) is 16.3 Å². The van der Waals surface area contributed by atoms with E-state index in [0.29, 0.717) is 0 Å². The van der Waals surface area contributed by atoms with Crippen LogP contribution in [0, 0.1) is 0 Å². The summed E-state index contributed by atoms with van der Waals surface area (Å²) in [5, 5.41) is 0. The molecule has 18 heavy (non-hydrogen) atoms. The molecule has 0 saturated carbocycles. The van der Waals surface area contributed by atoms with E-state index in [0.717, 1.165) is 37.2 Å². The fraction of sp³-hybridized carbons (Fsp3) is 0.600. The molecule has 1 fully saturated rings. The Bertz CT molecular complexity index is 331. The predicted octanol–water partition coefficient (Wildman–Crippen LogP) is 3.55. The first kappa shape index (κ1) is 13.7. The lowest BCUT2D eigenvalue weighted by Gasteiger charge is -2.24. The van der Waals surface area contributed by atoms with Gasteiger partial charge in [-0.1, -0.05) is 18.2 Å². The number of ether oxygens (including phenoxy) is 1. The van der Waals surface area contributed by atoms with Crippen molar-refractivity contribution in [2.75, 3.05) is 25.6 Å². The molecule has 2 rings (SSSR count). The monoisotopic (exact) mass is 267 g/mol. The summed E-state index contributed by atoms with van der Waals surface area (Å²) in [4.78, 5) is 2.55. The van der Waals surface area contributed by atoms with Gasteiger partial charge in [0.25, 0.3) is 0 Å². The lowest BCUT2D eigenvalue weighted by Crippen LogP contribution is -2.33. The van der Waals surface area contributed by atoms with Crippen molar-refractivity contribution in [1.82, 2.24) is 4.90 Å². The highest BCUT2D eigenvalue weighted by atomic mass is 35.5. The van der Waals surface area contributed by atoms with Gasteiger partial charge in [-0.05, 0) is 44.4 Å². The maximum absolute atomic E-state index is 5.77. The zero-order chi connectivity index (χ0) is 12.6. The first-order valence-corrected chi connectivity index (χ1v) is 7.41. The number of likely N-dealkylation sites (tertiary alicyclic amines) is 1. The fourth-order valence-electron chi connectivity index (χ4n) is 2.63. The van der Waals surface area contributed by atoms with Gasteiger partial charge in [0, 0.05) is 18.5 Å². The van der Waals surface area contributed by atoms with Gasteiger partial charge in [-0.2, -0.15) is 0 Å². The van der Waals surface area contributed by atoms with Crippen LogP contribution < -0.4 is 4.74 Å². The normalized spacial score (nSPS) is 20.2. The maximum atomic E-state index is 5.77. The number of rotatable bonds is 7. The number of hydrogen-bond acceptors (Lipinski definition) is 2. The lowest BCUT2D eigenvalue weighted by molar-refractivity contribution is 0.190. The summed E-state index contributed by atoms with van der Waals surface area (Å²) >= 11 is 5.77. The molecular formula is C15H22ClNO. The summed E-state index contributed by atoms with van der Waals surface area (Å²) in [7, 11) is 0. The Hall–Kier alpha value is -0.730. The second kappa shape index (κ2) is 7.65. The molecule has 0 aliphatic carbocycles. The number of nitrogens with zero attached hydrogens (tertiary/aromatic N) is 1. The topological polar surface area (TPSA) is 12.5 Å². The van der Waals surface area contributed by atoms with Crippen molar-refractivity contribution in [3.63, 3.8) is 0 Å². The zero-order valence-electron chi connectivity index (χ0n) is 10.9. The number of halogens is 1. The zero-order valence-corrected chi connectivity index (χ0v) is 11.6. The fourth-order valence-corrected chi connectivity index (χ4v) is 2.78. The van der Waals surface area contributed by atoms with Crippen molar-refractivity contribution in [2.45, 2.75) is 31.7 Å². The molecule has 2 nitrogen and oxygen atoms in total. The van der Waals surface area contributed by atoms with Crippen LogP contribution in [-0.2, 0) is 0 Å². The van der Waals surface area contributed by atoms with E-state index in [2.05, 4.69) is 4.90 Å². The van der Waals surface area contributed by atoms with Crippen molar-refractivity contribution < 1.29 is 4.74 Å². The van der Waals surface area contributed by atoms with Crippen LogP contribution in [-0.4, -0.2) is 36.5 Å². The quantitative estimate of drug-likeness (QED) is 0.701. The van der Waals surface area contributed by atoms with Crippen LogP contribution in [0.4, 0.5) is 0 Å². The molecule has 0 radical (unpaired) electrons. The Morgan fingerprint density at radius 3 is 2.89 bits per heavy atom. The highest BCUT2D eigenvalue weighted by Gasteiger charge is 2.23. The van der Waals surface area contributed by atoms with Crippen LogP contribution in [0.3, 0.4) is 0 Å². The van der Waals surface area contributed by atoms with Crippen LogP contribution in [0.25, 0.3) is 0 Å². The average molecular weight is 268 g/mol. The summed E-state index contributed by atoms with van der Waals surface area (Å²) in [6, 6.07) is 10.8. The van der Waals surface area contributed by atoms with Gasteiger partial charge in [-0.15, -0.1) is 11.6 Å². The SMILES string of the molecule is ClCCCC1CCCN1CCOc1ccccc1. The van der Waals surface area contributed by atoms with Crippen LogP contribution in [0.1, 0.15) is 25.7 Å². The van der Waals surface area contributed by atoms with E-state index in [-0.39, 0.29) is 0 Å². The Morgan fingerprint density at radius 1 is 1.28 bits per heavy atom. The van der Waals surface area contributed by atoms with E-state index in [1.54, 1.807) is 0 Å². The molecule has 1 aromatic rings. The largest absolute Gasteiger partial charge is 0.492 e. The molecule has 1 unspecified atom stereocenters. The Kier molecular flexibility index (Phi) is 5.82. The van der Waals surface area contributed by atoms with Gasteiger partial charge < -0.3 is 4.74 Å². The van der Waals surface area contributed by atoms with Crippen molar-refractivity contribution in [2.24, 2.45) is 0 Å². The summed E-state index contributed by atoms with van der Waals surface area (Å²) in [5.41, 5.74) is 0. The van der Waals surface area contributed by atoms with E-state index in [1.165, 1.54) is 25.8 Å². The Labute approximate surface area is 115 Å². The number of hydrogen-bond donors (Lipinski definition) is 0. The van der Waals surface area contributed by atoms with E-state index in [1.807, 2.05) is 30.3 Å². The molecule has 1 saturated heterocycles. The summed E-state index contributed by atoms with van der Waals surface area (Å²) in [5.74, 6) is 1.75. The van der Waals surface area contributed by atoms with Gasteiger partial charge in [0.2, 0.25) is 0 Å². The minimum Gasteiger partial charge on any atom is -0.492 e. The molecule has 1 aromatic carbocycles. The minimum absolute atomic E-state index is 0.725. The predicted molar refractivity (Wildman–Crippen MR) is 76.5 cm³/mol. The molecule has 1 aliphatic rings. The van der Waals surface area contributed by atoms with E-state index in [9.17, 15) is 0 Å². The first-order chi connectivity index (χ1) is 8.90. The van der Waals surface area contributed by atoms with Crippen molar-refractivity contribution in [3.8, 4) is 5.75 Å². The number of alkyl halides is 1. The maximum Gasteiger partial charge on any atom is 0.119 e. The highest BCUT2D eigenvalue weighted by molar-refractivity contribution is 6.17. The smallest absolute Gasteiger partial charge is 0.119 e. The van der Waals surface area contributed by atoms with Crippen LogP contribution >= 0.6 is 11.6 Å². The third kappa shape index (κ3) is 4.18. The third-order valence-corrected chi connectivity index (χ3v) is 3.83. The van der Waals surface area contributed by atoms with E-state index >= 15 is 0 Å². The molecule has 0 amide bonds. The molecule has 0 spiro atoms. The number of para-hydroxylation sites is 1. The third-order valence-electron chi connectivity index (χ3n) is 3.56. The molecule has 3 heteroatoms. The van der Waals surface area contributed by atoms with Crippen LogP contribution in [0.2, 0.25) is 0 Å². The summed E-state index contributed by atoms with van der Waals surface area (Å²) in [6.45, 7) is 3.02. The van der Waals surface area contributed by atoms with Crippen LogP contribution in [0.15, 0.2) is 30.3 Å². The molecule has 1 aliphatic heterocycles. The number of benzene rings is 1. The first-order valence-electron chi connectivity index (χ1n) is 6.88. The lowest BCUT2D eigenvalue weighted by atomic mass is 10.1. The highest BCUT2D eigenvalue weighted by Crippen LogP contribution is 2.21. The average Bonchev–Trinajstić information content (AvgIpc) is 2.85. The van der Waals surface area contributed by atoms with Gasteiger partial charge in [0.05, 0.1) is 0 Å². The molecule has 1 atom stereocenters. The van der Waals surface area contributed by atoms with Gasteiger partial charge in [-0.25, -0.2) is 0 Å². The Morgan fingerprint density at radius 2 is 2.11 bits per heavy atom. The van der Waals surface area contributed by atoms with Gasteiger partial charge in [0.1, 0.15) is 12.4 Å². The van der Waals surface area contributed by atoms with Crippen molar-refractivity contribution >= 4 is 11.6 Å². The van der Waals surface area contributed by atoms with Gasteiger partial charge in [-0.3, -0.25) is 4.90 Å². The molecular weight excluding hydrogens is 246 g/mol. The van der Waals surface area contributed by atoms with Crippen molar-refractivity contribution in [3.05, 3.63) is 30.3 Å². The molecule has 0 aromatic heterocycles. The Balaban J connectivity index is 1.69. The van der Waals surface area contributed by atoms with Crippen LogP contribution in [0.5, 0.6) is 5.75 Å². The summed E-state index contributed by atoms with van der Waals surface area (Å²) in [6.07, 6.45) is 5.00. The minimum atomic E-state index is 0.725. The molecule has 1 heterocycles. The van der Waals surface area contributed by atoms with Gasteiger partial charge >= 0.3 is 0 Å². The summed E-state index contributed by atoms with van der Waals surface area (Å²) < 4.78 is 5.75. The van der Waals surface area contributed by atoms with Crippen molar-refractivity contribution in [1.29, 1.82) is 0 Å². The van der Waals surface area contributed by atoms with Gasteiger partial charge in [0.15, 0.2) is 0 Å². The molecule has 0 N–H and O–H groups in total. The van der Waals surface area contributed by atoms with E-state index < -0.39 is 0 Å². The molecule has 0 bridgehead atoms. The second-order valence-corrected chi connectivity index (χ2v) is 5.20. The standard InChI is InChI=1S/C15H22ClNO/c16-10-4-6-14-7-5-11-17(14)12-13-18-15-8-2-1-3-9-15/h1-3,8-9,14H,4-7,10-13H2. The second-order valence-electron chi connectivity index (χ2n) is 4.82.